The highest BCUT2D eigenvalue weighted by atomic mass is 16.2. The van der Waals surface area contributed by atoms with Crippen molar-refractivity contribution in [2.45, 2.75) is 46.1 Å². The number of carbonyl (C=O) groups excluding carboxylic acids is 1. The van der Waals surface area contributed by atoms with Crippen molar-refractivity contribution in [2.75, 3.05) is 18.4 Å². The van der Waals surface area contributed by atoms with Crippen LogP contribution in [0.1, 0.15) is 49.8 Å². The average molecular weight is 363 g/mol. The first-order valence-corrected chi connectivity index (χ1v) is 9.86. The number of benzene rings is 2. The summed E-state index contributed by atoms with van der Waals surface area (Å²) in [5.74, 6) is 0.449. The highest BCUT2D eigenvalue weighted by molar-refractivity contribution is 5.96. The fourth-order valence-electron chi connectivity index (χ4n) is 3.69. The number of anilines is 1. The molecule has 3 heteroatoms. The van der Waals surface area contributed by atoms with E-state index >= 15 is 0 Å². The minimum absolute atomic E-state index is 0.0720. The van der Waals surface area contributed by atoms with Gasteiger partial charge in [-0.1, -0.05) is 68.5 Å². The smallest absolute Gasteiger partial charge is 0.241 e. The molecular weight excluding hydrogens is 332 g/mol. The summed E-state index contributed by atoms with van der Waals surface area (Å²) < 4.78 is 0. The predicted octanol–water partition coefficient (Wildman–Crippen LogP) is 5.23. The Morgan fingerprint density at radius 3 is 2.41 bits per heavy atom. The summed E-state index contributed by atoms with van der Waals surface area (Å²) in [6, 6.07) is 16.6. The van der Waals surface area contributed by atoms with Crippen LogP contribution < -0.4 is 5.32 Å². The topological polar surface area (TPSA) is 32.3 Å². The zero-order valence-electron chi connectivity index (χ0n) is 16.8. The normalized spacial score (nSPS) is 16.1. The van der Waals surface area contributed by atoms with Gasteiger partial charge in [0.1, 0.15) is 0 Å². The van der Waals surface area contributed by atoms with Crippen LogP contribution in [0.15, 0.2) is 54.6 Å². The van der Waals surface area contributed by atoms with E-state index in [0.29, 0.717) is 5.92 Å². The molecule has 2 aromatic rings. The number of carbonyl (C=O) groups is 1. The first-order chi connectivity index (χ1) is 13.0. The molecule has 0 saturated heterocycles. The van der Waals surface area contributed by atoms with Gasteiger partial charge in [-0.25, -0.2) is 0 Å². The second kappa shape index (κ2) is 8.53. The second-order valence-electron chi connectivity index (χ2n) is 7.70. The zero-order valence-corrected chi connectivity index (χ0v) is 16.8. The molecule has 3 rings (SSSR count). The lowest BCUT2D eigenvalue weighted by molar-refractivity contribution is -0.120. The molecule has 0 spiro atoms. The van der Waals surface area contributed by atoms with Gasteiger partial charge >= 0.3 is 0 Å². The third kappa shape index (κ3) is 4.48. The van der Waals surface area contributed by atoms with Gasteiger partial charge in [0.2, 0.25) is 5.91 Å². The van der Waals surface area contributed by atoms with Crippen molar-refractivity contribution >= 4 is 17.2 Å². The monoisotopic (exact) mass is 362 g/mol. The van der Waals surface area contributed by atoms with Crippen LogP contribution in [0.25, 0.3) is 5.57 Å². The molecule has 0 unspecified atom stereocenters. The molecule has 0 aliphatic carbocycles. The molecule has 2 aromatic carbocycles. The lowest BCUT2D eigenvalue weighted by Crippen LogP contribution is -2.44. The van der Waals surface area contributed by atoms with Crippen LogP contribution in [0.2, 0.25) is 0 Å². The summed E-state index contributed by atoms with van der Waals surface area (Å²) in [4.78, 5) is 15.2. The quantitative estimate of drug-likeness (QED) is 0.789. The molecule has 1 N–H and O–H groups in total. The Labute approximate surface area is 163 Å². The van der Waals surface area contributed by atoms with Crippen molar-refractivity contribution in [3.8, 4) is 0 Å². The highest BCUT2D eigenvalue weighted by Gasteiger charge is 2.24. The van der Waals surface area contributed by atoms with Gasteiger partial charge in [-0.15, -0.1) is 0 Å². The van der Waals surface area contributed by atoms with E-state index < -0.39 is 0 Å². The van der Waals surface area contributed by atoms with Crippen molar-refractivity contribution < 1.29 is 4.79 Å². The standard InChI is InChI=1S/C24H30N2O/c1-17(2)22-12-8-9-18(3)23(22)25-24(27)19(4)26-15-13-21(14-16-26)20-10-6-5-7-11-20/h5-13,17,19H,14-16H2,1-4H3,(H,25,27)/t19-/m0/s1. The van der Waals surface area contributed by atoms with E-state index in [9.17, 15) is 4.79 Å². The number of amides is 1. The minimum Gasteiger partial charge on any atom is -0.324 e. The molecule has 1 amide bonds. The summed E-state index contributed by atoms with van der Waals surface area (Å²) in [6.07, 6.45) is 3.24. The van der Waals surface area contributed by atoms with Crippen molar-refractivity contribution in [3.63, 3.8) is 0 Å². The Morgan fingerprint density at radius 2 is 1.78 bits per heavy atom. The molecule has 142 valence electrons. The van der Waals surface area contributed by atoms with E-state index in [1.165, 1.54) is 16.7 Å². The molecule has 0 aromatic heterocycles. The van der Waals surface area contributed by atoms with Crippen LogP contribution >= 0.6 is 0 Å². The molecule has 0 bridgehead atoms. The predicted molar refractivity (Wildman–Crippen MR) is 114 cm³/mol. The van der Waals surface area contributed by atoms with Crippen molar-refractivity contribution in [1.29, 1.82) is 0 Å². The Bertz CT molecular complexity index is 824. The van der Waals surface area contributed by atoms with E-state index in [2.05, 4.69) is 79.5 Å². The lowest BCUT2D eigenvalue weighted by Gasteiger charge is -2.31. The number of nitrogens with one attached hydrogen (secondary N) is 1. The molecule has 3 nitrogen and oxygen atoms in total. The summed E-state index contributed by atoms with van der Waals surface area (Å²) >= 11 is 0. The minimum atomic E-state index is -0.154. The first-order valence-electron chi connectivity index (χ1n) is 9.86. The van der Waals surface area contributed by atoms with Crippen LogP contribution in [0.4, 0.5) is 5.69 Å². The number of hydrogen-bond donors (Lipinski definition) is 1. The largest absolute Gasteiger partial charge is 0.324 e. The van der Waals surface area contributed by atoms with Gasteiger partial charge in [-0.2, -0.15) is 0 Å². The summed E-state index contributed by atoms with van der Waals surface area (Å²) in [6.45, 7) is 10.1. The van der Waals surface area contributed by atoms with Gasteiger partial charge in [0, 0.05) is 18.8 Å². The van der Waals surface area contributed by atoms with Crippen molar-refractivity contribution in [1.82, 2.24) is 4.90 Å². The van der Waals surface area contributed by atoms with Crippen LogP contribution in [-0.4, -0.2) is 29.9 Å². The van der Waals surface area contributed by atoms with Gasteiger partial charge < -0.3 is 5.32 Å². The van der Waals surface area contributed by atoms with E-state index in [4.69, 9.17) is 0 Å². The maximum Gasteiger partial charge on any atom is 0.241 e. The Balaban J connectivity index is 1.68. The van der Waals surface area contributed by atoms with Crippen molar-refractivity contribution in [2.24, 2.45) is 0 Å². The number of aryl methyl sites for hydroxylation is 1. The molecule has 1 atom stereocenters. The third-order valence-corrected chi connectivity index (χ3v) is 5.49. The summed E-state index contributed by atoms with van der Waals surface area (Å²) in [5, 5.41) is 3.20. The number of para-hydroxylation sites is 1. The zero-order chi connectivity index (χ0) is 19.4. The van der Waals surface area contributed by atoms with Crippen molar-refractivity contribution in [3.05, 3.63) is 71.3 Å². The molecule has 1 heterocycles. The van der Waals surface area contributed by atoms with Crippen LogP contribution in [-0.2, 0) is 4.79 Å². The molecule has 27 heavy (non-hydrogen) atoms. The molecule has 1 aliphatic rings. The van der Waals surface area contributed by atoms with Crippen LogP contribution in [0, 0.1) is 6.92 Å². The summed E-state index contributed by atoms with van der Waals surface area (Å²) in [5.41, 5.74) is 5.95. The number of nitrogens with zero attached hydrogens (tertiary/aromatic N) is 1. The second-order valence-corrected chi connectivity index (χ2v) is 7.70. The van der Waals surface area contributed by atoms with Gasteiger partial charge in [0.25, 0.3) is 0 Å². The SMILES string of the molecule is Cc1cccc(C(C)C)c1NC(=O)[C@H](C)N1CC=C(c2ccccc2)CC1. The average Bonchev–Trinajstić information content (AvgIpc) is 2.69. The first kappa shape index (κ1) is 19.4. The Hall–Kier alpha value is -2.39. The van der Waals surface area contributed by atoms with Gasteiger partial charge in [-0.3, -0.25) is 9.69 Å². The van der Waals surface area contributed by atoms with E-state index in [1.54, 1.807) is 0 Å². The molecular formula is C24H30N2O. The Kier molecular flexibility index (Phi) is 6.12. The van der Waals surface area contributed by atoms with Gasteiger partial charge in [-0.05, 0) is 48.4 Å². The fraction of sp³-hybridized carbons (Fsp3) is 0.375. The number of hydrogen-bond acceptors (Lipinski definition) is 2. The molecule has 0 fully saturated rings. The molecule has 0 radical (unpaired) electrons. The third-order valence-electron chi connectivity index (χ3n) is 5.49. The van der Waals surface area contributed by atoms with Crippen LogP contribution in [0.3, 0.4) is 0 Å². The number of rotatable bonds is 5. The van der Waals surface area contributed by atoms with E-state index in [-0.39, 0.29) is 11.9 Å². The maximum atomic E-state index is 12.9. The van der Waals surface area contributed by atoms with E-state index in [0.717, 1.165) is 30.8 Å². The molecule has 0 saturated carbocycles. The lowest BCUT2D eigenvalue weighted by atomic mass is 9.97. The van der Waals surface area contributed by atoms with Gasteiger partial charge in [0.15, 0.2) is 0 Å². The molecule has 1 aliphatic heterocycles. The fourth-order valence-corrected chi connectivity index (χ4v) is 3.69. The highest BCUT2D eigenvalue weighted by Crippen LogP contribution is 2.28. The summed E-state index contributed by atoms with van der Waals surface area (Å²) in [7, 11) is 0. The van der Waals surface area contributed by atoms with E-state index in [1.807, 2.05) is 13.0 Å². The maximum absolute atomic E-state index is 12.9. The van der Waals surface area contributed by atoms with Gasteiger partial charge in [0.05, 0.1) is 6.04 Å². The van der Waals surface area contributed by atoms with Crippen LogP contribution in [0.5, 0.6) is 0 Å². The Morgan fingerprint density at radius 1 is 1.04 bits per heavy atom.